The van der Waals surface area contributed by atoms with Gasteiger partial charge in [-0.1, -0.05) is 42.3 Å². The molecule has 1 saturated heterocycles. The first-order valence-electron chi connectivity index (χ1n) is 10.5. The van der Waals surface area contributed by atoms with Crippen LogP contribution in [0.4, 0.5) is 5.82 Å². The summed E-state index contributed by atoms with van der Waals surface area (Å²) in [6.45, 7) is 5.40. The van der Waals surface area contributed by atoms with Crippen LogP contribution in [0.15, 0.2) is 36.9 Å². The number of nitrogens with zero attached hydrogens (tertiary/aromatic N) is 5. The molecule has 4 rings (SSSR count). The highest BCUT2D eigenvalue weighted by Crippen LogP contribution is 2.42. The van der Waals surface area contributed by atoms with Gasteiger partial charge in [-0.15, -0.1) is 0 Å². The van der Waals surface area contributed by atoms with Crippen LogP contribution in [-0.4, -0.2) is 38.1 Å². The average Bonchev–Trinajstić information content (AvgIpc) is 2.81. The van der Waals surface area contributed by atoms with Crippen LogP contribution < -0.4 is 10.6 Å². The standard InChI is InChI=1S/C23H26Cl2N6O/c1-14-20(16-4-3-5-17(24)19(16)25)30-18(12-32)22(29-14)31-8-6-23(2,7-9-31)21(26)15-10-27-13-28-11-15/h3-5,10-11,13,21,32H,6-9,12,26H2,1-2H3. The highest BCUT2D eigenvalue weighted by molar-refractivity contribution is 6.43. The molecule has 1 atom stereocenters. The Morgan fingerprint density at radius 2 is 1.84 bits per heavy atom. The van der Waals surface area contributed by atoms with Gasteiger partial charge in [-0.25, -0.2) is 19.9 Å². The van der Waals surface area contributed by atoms with Crippen molar-refractivity contribution in [2.24, 2.45) is 11.1 Å². The molecule has 0 radical (unpaired) electrons. The number of aromatic nitrogens is 4. The lowest BCUT2D eigenvalue weighted by atomic mass is 9.72. The van der Waals surface area contributed by atoms with Crippen LogP contribution in [0.25, 0.3) is 11.3 Å². The molecule has 1 aromatic carbocycles. The van der Waals surface area contributed by atoms with E-state index in [1.54, 1.807) is 18.5 Å². The smallest absolute Gasteiger partial charge is 0.153 e. The van der Waals surface area contributed by atoms with E-state index in [0.717, 1.165) is 37.2 Å². The van der Waals surface area contributed by atoms with E-state index in [9.17, 15) is 5.11 Å². The van der Waals surface area contributed by atoms with Crippen LogP contribution in [0, 0.1) is 12.3 Å². The summed E-state index contributed by atoms with van der Waals surface area (Å²) in [4.78, 5) is 19.9. The molecule has 3 heterocycles. The molecule has 1 fully saturated rings. The predicted molar refractivity (Wildman–Crippen MR) is 127 cm³/mol. The largest absolute Gasteiger partial charge is 0.390 e. The van der Waals surface area contributed by atoms with Gasteiger partial charge in [0.25, 0.3) is 0 Å². The minimum Gasteiger partial charge on any atom is -0.390 e. The number of aliphatic hydroxyl groups is 1. The van der Waals surface area contributed by atoms with Crippen LogP contribution in [0.3, 0.4) is 0 Å². The fraction of sp³-hybridized carbons (Fsp3) is 0.391. The highest BCUT2D eigenvalue weighted by Gasteiger charge is 2.37. The molecule has 1 aliphatic rings. The van der Waals surface area contributed by atoms with Gasteiger partial charge in [0.05, 0.1) is 28.0 Å². The number of hydrogen-bond donors (Lipinski definition) is 2. The maximum atomic E-state index is 10.1. The second-order valence-corrected chi connectivity index (χ2v) is 9.26. The van der Waals surface area contributed by atoms with Crippen LogP contribution >= 0.6 is 23.2 Å². The van der Waals surface area contributed by atoms with E-state index in [1.165, 1.54) is 6.33 Å². The molecule has 7 nitrogen and oxygen atoms in total. The number of aliphatic hydroxyl groups excluding tert-OH is 1. The van der Waals surface area contributed by atoms with Gasteiger partial charge < -0.3 is 15.7 Å². The van der Waals surface area contributed by atoms with Crippen LogP contribution in [0.2, 0.25) is 10.0 Å². The van der Waals surface area contributed by atoms with Crippen molar-refractivity contribution >= 4 is 29.0 Å². The number of aryl methyl sites for hydroxylation is 1. The fourth-order valence-electron chi connectivity index (χ4n) is 4.26. The van der Waals surface area contributed by atoms with Crippen molar-refractivity contribution < 1.29 is 5.11 Å². The molecule has 0 saturated carbocycles. The van der Waals surface area contributed by atoms with Crippen molar-refractivity contribution in [1.82, 2.24) is 19.9 Å². The molecule has 1 aliphatic heterocycles. The van der Waals surface area contributed by atoms with E-state index >= 15 is 0 Å². The Balaban J connectivity index is 1.59. The number of rotatable bonds is 5. The topological polar surface area (TPSA) is 101 Å². The zero-order valence-corrected chi connectivity index (χ0v) is 19.6. The van der Waals surface area contributed by atoms with E-state index in [1.807, 2.05) is 19.1 Å². The second-order valence-electron chi connectivity index (χ2n) is 8.48. The van der Waals surface area contributed by atoms with Gasteiger partial charge in [0, 0.05) is 42.7 Å². The summed E-state index contributed by atoms with van der Waals surface area (Å²) >= 11 is 12.6. The molecule has 0 spiro atoms. The maximum absolute atomic E-state index is 10.1. The van der Waals surface area contributed by atoms with Crippen LogP contribution in [0.5, 0.6) is 0 Å². The molecular weight excluding hydrogens is 447 g/mol. The van der Waals surface area contributed by atoms with Crippen molar-refractivity contribution in [3.05, 3.63) is 63.9 Å². The zero-order chi connectivity index (χ0) is 22.9. The molecule has 0 amide bonds. The van der Waals surface area contributed by atoms with Crippen molar-refractivity contribution in [2.75, 3.05) is 18.0 Å². The SMILES string of the molecule is Cc1nc(N2CCC(C)(C(N)c3cncnc3)CC2)c(CO)nc1-c1cccc(Cl)c1Cl. The summed E-state index contributed by atoms with van der Waals surface area (Å²) in [6, 6.07) is 5.26. The van der Waals surface area contributed by atoms with Gasteiger partial charge in [0.15, 0.2) is 5.82 Å². The Kier molecular flexibility index (Phi) is 6.62. The van der Waals surface area contributed by atoms with Gasteiger partial charge >= 0.3 is 0 Å². The number of hydrogen-bond acceptors (Lipinski definition) is 7. The van der Waals surface area contributed by atoms with E-state index in [2.05, 4.69) is 21.8 Å². The predicted octanol–water partition coefficient (Wildman–Crippen LogP) is 4.35. The number of anilines is 1. The first kappa shape index (κ1) is 22.9. The Hall–Kier alpha value is -2.32. The lowest BCUT2D eigenvalue weighted by molar-refractivity contribution is 0.194. The Labute approximate surface area is 197 Å². The van der Waals surface area contributed by atoms with E-state index in [0.29, 0.717) is 32.8 Å². The third kappa shape index (κ3) is 4.30. The van der Waals surface area contributed by atoms with Crippen molar-refractivity contribution in [1.29, 1.82) is 0 Å². The minimum atomic E-state index is -0.220. The zero-order valence-electron chi connectivity index (χ0n) is 18.1. The normalized spacial score (nSPS) is 16.8. The van der Waals surface area contributed by atoms with Gasteiger partial charge in [0.1, 0.15) is 12.0 Å². The number of piperidine rings is 1. The molecule has 3 N–H and O–H groups in total. The summed E-state index contributed by atoms with van der Waals surface area (Å²) in [5, 5.41) is 10.9. The van der Waals surface area contributed by atoms with Gasteiger partial charge in [-0.3, -0.25) is 0 Å². The van der Waals surface area contributed by atoms with Gasteiger partial charge in [-0.2, -0.15) is 0 Å². The molecular formula is C23H26Cl2N6O. The van der Waals surface area contributed by atoms with Crippen molar-refractivity contribution in [2.45, 2.75) is 39.3 Å². The van der Waals surface area contributed by atoms with E-state index in [4.69, 9.17) is 38.9 Å². The third-order valence-corrected chi connectivity index (χ3v) is 7.19. The summed E-state index contributed by atoms with van der Waals surface area (Å²) in [5.41, 5.74) is 10.0. The maximum Gasteiger partial charge on any atom is 0.153 e. The summed E-state index contributed by atoms with van der Waals surface area (Å²) in [6.07, 6.45) is 6.83. The number of halogens is 2. The average molecular weight is 473 g/mol. The lowest BCUT2D eigenvalue weighted by Crippen LogP contribution is -2.44. The minimum absolute atomic E-state index is 0.0860. The number of nitrogens with two attached hydrogens (primary N) is 1. The molecule has 2 aromatic heterocycles. The Morgan fingerprint density at radius 3 is 2.50 bits per heavy atom. The first-order chi connectivity index (χ1) is 15.3. The van der Waals surface area contributed by atoms with Gasteiger partial charge in [0.2, 0.25) is 0 Å². The molecule has 32 heavy (non-hydrogen) atoms. The van der Waals surface area contributed by atoms with Gasteiger partial charge in [-0.05, 0) is 31.2 Å². The van der Waals surface area contributed by atoms with E-state index < -0.39 is 0 Å². The molecule has 1 unspecified atom stereocenters. The Morgan fingerprint density at radius 1 is 1.16 bits per heavy atom. The molecule has 0 aliphatic carbocycles. The Bertz CT molecular complexity index is 1100. The van der Waals surface area contributed by atoms with Crippen LogP contribution in [0.1, 0.15) is 42.8 Å². The monoisotopic (exact) mass is 472 g/mol. The van der Waals surface area contributed by atoms with Crippen molar-refractivity contribution in [3.8, 4) is 11.3 Å². The summed E-state index contributed by atoms with van der Waals surface area (Å²) < 4.78 is 0. The highest BCUT2D eigenvalue weighted by atomic mass is 35.5. The molecule has 9 heteroatoms. The lowest BCUT2D eigenvalue weighted by Gasteiger charge is -2.43. The summed E-state index contributed by atoms with van der Waals surface area (Å²) in [7, 11) is 0. The third-order valence-electron chi connectivity index (χ3n) is 6.37. The number of benzene rings is 1. The quantitative estimate of drug-likeness (QED) is 0.568. The molecule has 0 bridgehead atoms. The van der Waals surface area contributed by atoms with Crippen LogP contribution in [-0.2, 0) is 6.61 Å². The fourth-order valence-corrected chi connectivity index (χ4v) is 4.65. The van der Waals surface area contributed by atoms with Crippen molar-refractivity contribution in [3.63, 3.8) is 0 Å². The second kappa shape index (κ2) is 9.27. The van der Waals surface area contributed by atoms with E-state index in [-0.39, 0.29) is 18.1 Å². The first-order valence-corrected chi connectivity index (χ1v) is 11.3. The molecule has 168 valence electrons. The summed E-state index contributed by atoms with van der Waals surface area (Å²) in [5.74, 6) is 0.700. The molecule has 3 aromatic rings.